The van der Waals surface area contributed by atoms with E-state index in [0.29, 0.717) is 18.2 Å². The van der Waals surface area contributed by atoms with Gasteiger partial charge in [0.05, 0.1) is 11.0 Å². The molecule has 1 aromatic rings. The Morgan fingerprint density at radius 1 is 1.36 bits per heavy atom. The predicted molar refractivity (Wildman–Crippen MR) is 96.6 cm³/mol. The molecule has 2 atom stereocenters. The summed E-state index contributed by atoms with van der Waals surface area (Å²) in [4.78, 5) is 10.1. The summed E-state index contributed by atoms with van der Waals surface area (Å²) in [7, 11) is -3.68. The van der Waals surface area contributed by atoms with E-state index >= 15 is 0 Å². The zero-order valence-electron chi connectivity index (χ0n) is 15.1. The molecule has 1 fully saturated rings. The standard InChI is InChI=1S/C17H26N2O5S/c1-17(2,3)16-12(6-5-9-24-16)11-18-13-7-8-14(19(20)21)15(10-13)25(4,22)23/h7-8,10,12,16,18H,5-6,9,11H2,1-4H3. The van der Waals surface area contributed by atoms with Crippen molar-refractivity contribution in [1.82, 2.24) is 0 Å². The van der Waals surface area contributed by atoms with Crippen LogP contribution in [0.1, 0.15) is 33.6 Å². The zero-order valence-corrected chi connectivity index (χ0v) is 15.9. The number of hydrogen-bond donors (Lipinski definition) is 1. The van der Waals surface area contributed by atoms with Crippen LogP contribution in [0.25, 0.3) is 0 Å². The van der Waals surface area contributed by atoms with Crippen LogP contribution in [0.2, 0.25) is 0 Å². The summed E-state index contributed by atoms with van der Waals surface area (Å²) >= 11 is 0. The van der Waals surface area contributed by atoms with Crippen LogP contribution in [0.3, 0.4) is 0 Å². The van der Waals surface area contributed by atoms with Crippen molar-refractivity contribution in [1.29, 1.82) is 0 Å². The maximum absolute atomic E-state index is 11.8. The van der Waals surface area contributed by atoms with Crippen molar-refractivity contribution >= 4 is 21.2 Å². The number of nitrogens with one attached hydrogen (secondary N) is 1. The Hall–Kier alpha value is -1.67. The van der Waals surface area contributed by atoms with E-state index in [1.54, 1.807) is 6.07 Å². The highest BCUT2D eigenvalue weighted by molar-refractivity contribution is 7.90. The van der Waals surface area contributed by atoms with E-state index in [4.69, 9.17) is 4.74 Å². The summed E-state index contributed by atoms with van der Waals surface area (Å²) in [5.74, 6) is 0.297. The number of sulfone groups is 1. The predicted octanol–water partition coefficient (Wildman–Crippen LogP) is 3.25. The molecule has 0 saturated carbocycles. The average molecular weight is 370 g/mol. The van der Waals surface area contributed by atoms with Crippen molar-refractivity contribution < 1.29 is 18.1 Å². The first-order valence-corrected chi connectivity index (χ1v) is 10.2. The molecule has 0 bridgehead atoms. The molecular formula is C17H26N2O5S. The van der Waals surface area contributed by atoms with Gasteiger partial charge in [-0.25, -0.2) is 8.42 Å². The molecule has 2 unspecified atom stereocenters. The van der Waals surface area contributed by atoms with Crippen LogP contribution in [-0.2, 0) is 14.6 Å². The smallest absolute Gasteiger partial charge is 0.288 e. The molecule has 25 heavy (non-hydrogen) atoms. The lowest BCUT2D eigenvalue weighted by atomic mass is 9.78. The van der Waals surface area contributed by atoms with Crippen LogP contribution < -0.4 is 5.32 Å². The highest BCUT2D eigenvalue weighted by Gasteiger charge is 2.35. The van der Waals surface area contributed by atoms with Gasteiger partial charge < -0.3 is 10.1 Å². The fourth-order valence-electron chi connectivity index (χ4n) is 3.33. The molecule has 1 aliphatic rings. The van der Waals surface area contributed by atoms with Gasteiger partial charge in [0.25, 0.3) is 5.69 Å². The van der Waals surface area contributed by atoms with E-state index in [9.17, 15) is 18.5 Å². The molecule has 0 amide bonds. The first-order chi connectivity index (χ1) is 11.5. The average Bonchev–Trinajstić information content (AvgIpc) is 2.51. The lowest BCUT2D eigenvalue weighted by Crippen LogP contribution is -2.42. The molecule has 140 valence electrons. The first kappa shape index (κ1) is 19.7. The highest BCUT2D eigenvalue weighted by Crippen LogP contribution is 2.34. The van der Waals surface area contributed by atoms with Crippen LogP contribution in [0, 0.1) is 21.4 Å². The van der Waals surface area contributed by atoms with Crippen LogP contribution >= 0.6 is 0 Å². The maximum Gasteiger partial charge on any atom is 0.288 e. The lowest BCUT2D eigenvalue weighted by molar-refractivity contribution is -0.387. The second-order valence-electron chi connectivity index (χ2n) is 7.65. The van der Waals surface area contributed by atoms with Crippen molar-refractivity contribution in [3.8, 4) is 0 Å². The number of anilines is 1. The van der Waals surface area contributed by atoms with Crippen LogP contribution in [0.5, 0.6) is 0 Å². The van der Waals surface area contributed by atoms with Gasteiger partial charge in [0.15, 0.2) is 9.84 Å². The Bertz CT molecular complexity index is 740. The molecule has 2 rings (SSSR count). The third-order valence-electron chi connectivity index (χ3n) is 4.42. The summed E-state index contributed by atoms with van der Waals surface area (Å²) in [5, 5.41) is 14.3. The summed E-state index contributed by atoms with van der Waals surface area (Å²) in [6.45, 7) is 7.81. The fraction of sp³-hybridized carbons (Fsp3) is 0.647. The summed E-state index contributed by atoms with van der Waals surface area (Å²) in [6.07, 6.45) is 3.11. The van der Waals surface area contributed by atoms with Crippen LogP contribution in [0.4, 0.5) is 11.4 Å². The molecule has 1 heterocycles. The Labute approximate surface area is 148 Å². The van der Waals surface area contributed by atoms with Gasteiger partial charge in [-0.3, -0.25) is 10.1 Å². The number of benzene rings is 1. The minimum absolute atomic E-state index is 0.0140. The van der Waals surface area contributed by atoms with Gasteiger partial charge in [-0.1, -0.05) is 20.8 Å². The van der Waals surface area contributed by atoms with E-state index in [1.807, 2.05) is 0 Å². The van der Waals surface area contributed by atoms with Crippen LogP contribution in [0.15, 0.2) is 23.1 Å². The minimum atomic E-state index is -3.68. The third kappa shape index (κ3) is 4.92. The number of ether oxygens (including phenoxy) is 1. The van der Waals surface area contributed by atoms with E-state index in [2.05, 4.69) is 26.1 Å². The number of rotatable bonds is 5. The third-order valence-corrected chi connectivity index (χ3v) is 5.55. The van der Waals surface area contributed by atoms with Gasteiger partial charge in [0, 0.05) is 37.1 Å². The SMILES string of the molecule is CC(C)(C)C1OCCCC1CNc1ccc([N+](=O)[O-])c(S(C)(=O)=O)c1. The highest BCUT2D eigenvalue weighted by atomic mass is 32.2. The van der Waals surface area contributed by atoms with Gasteiger partial charge in [-0.05, 0) is 30.4 Å². The summed E-state index contributed by atoms with van der Waals surface area (Å²) in [6, 6.07) is 4.11. The van der Waals surface area contributed by atoms with Gasteiger partial charge in [-0.2, -0.15) is 0 Å². The van der Waals surface area contributed by atoms with Crippen molar-refractivity contribution in [3.63, 3.8) is 0 Å². The molecule has 1 saturated heterocycles. The molecule has 0 spiro atoms. The molecule has 1 aliphatic heterocycles. The maximum atomic E-state index is 11.8. The molecule has 8 heteroatoms. The Balaban J connectivity index is 2.19. The number of nitro groups is 1. The minimum Gasteiger partial charge on any atom is -0.385 e. The Kier molecular flexibility index (Phi) is 5.73. The van der Waals surface area contributed by atoms with Gasteiger partial charge in [0.2, 0.25) is 0 Å². The molecule has 0 aromatic heterocycles. The summed E-state index contributed by atoms with van der Waals surface area (Å²) in [5.41, 5.74) is 0.172. The van der Waals surface area contributed by atoms with Crippen molar-refractivity contribution in [2.75, 3.05) is 24.7 Å². The number of hydrogen-bond acceptors (Lipinski definition) is 6. The second kappa shape index (κ2) is 7.29. The lowest BCUT2D eigenvalue weighted by Gasteiger charge is -2.40. The van der Waals surface area contributed by atoms with Crippen molar-refractivity contribution in [2.45, 2.75) is 44.6 Å². The molecule has 7 nitrogen and oxygen atoms in total. The van der Waals surface area contributed by atoms with E-state index in [1.165, 1.54) is 12.1 Å². The van der Waals surface area contributed by atoms with E-state index in [0.717, 1.165) is 25.7 Å². The monoisotopic (exact) mass is 370 g/mol. The van der Waals surface area contributed by atoms with Gasteiger partial charge >= 0.3 is 0 Å². The first-order valence-electron chi connectivity index (χ1n) is 8.34. The zero-order chi connectivity index (χ0) is 18.8. The number of nitrogens with zero attached hydrogens (tertiary/aromatic N) is 1. The molecule has 0 radical (unpaired) electrons. The molecule has 0 aliphatic carbocycles. The Morgan fingerprint density at radius 2 is 2.04 bits per heavy atom. The quantitative estimate of drug-likeness (QED) is 0.631. The normalized spacial score (nSPS) is 21.8. The Morgan fingerprint density at radius 3 is 2.60 bits per heavy atom. The number of nitro benzene ring substituents is 1. The van der Waals surface area contributed by atoms with Gasteiger partial charge in [0.1, 0.15) is 4.90 Å². The van der Waals surface area contributed by atoms with E-state index in [-0.39, 0.29) is 16.4 Å². The molecule has 1 N–H and O–H groups in total. The van der Waals surface area contributed by atoms with Crippen LogP contribution in [-0.4, -0.2) is 38.9 Å². The van der Waals surface area contributed by atoms with Crippen molar-refractivity contribution in [3.05, 3.63) is 28.3 Å². The van der Waals surface area contributed by atoms with Gasteiger partial charge in [-0.15, -0.1) is 0 Å². The van der Waals surface area contributed by atoms with E-state index < -0.39 is 20.4 Å². The largest absolute Gasteiger partial charge is 0.385 e. The van der Waals surface area contributed by atoms with Crippen molar-refractivity contribution in [2.24, 2.45) is 11.3 Å². The molecular weight excluding hydrogens is 344 g/mol. The fourth-order valence-corrected chi connectivity index (χ4v) is 4.19. The summed E-state index contributed by atoms with van der Waals surface area (Å²) < 4.78 is 29.6. The molecule has 1 aromatic carbocycles. The second-order valence-corrected chi connectivity index (χ2v) is 9.64. The topological polar surface area (TPSA) is 98.5 Å².